The predicted octanol–water partition coefficient (Wildman–Crippen LogP) is 5.11. The van der Waals surface area contributed by atoms with Gasteiger partial charge < -0.3 is 14.8 Å². The fraction of sp³-hybridized carbons (Fsp3) is 0.160. The molecular formula is C25H23ClN4O3. The van der Waals surface area contributed by atoms with Gasteiger partial charge in [-0.2, -0.15) is 9.67 Å². The molecule has 4 aromatic rings. The van der Waals surface area contributed by atoms with Crippen LogP contribution in [0.5, 0.6) is 11.5 Å². The first-order chi connectivity index (χ1) is 16.1. The van der Waals surface area contributed by atoms with Gasteiger partial charge in [-0.15, -0.1) is 5.10 Å². The summed E-state index contributed by atoms with van der Waals surface area (Å²) in [6.45, 7) is 0.466. The van der Waals surface area contributed by atoms with Gasteiger partial charge >= 0.3 is 0 Å². The number of ether oxygens (including phenoxy) is 2. The number of carbonyl (C=O) groups excluding carboxylic acids is 1. The van der Waals surface area contributed by atoms with Crippen LogP contribution in [0.3, 0.4) is 0 Å². The maximum Gasteiger partial charge on any atom is 0.254 e. The average Bonchev–Trinajstić information content (AvgIpc) is 3.29. The lowest BCUT2D eigenvalue weighted by Gasteiger charge is -2.08. The molecule has 0 saturated heterocycles. The molecule has 0 radical (unpaired) electrons. The van der Waals surface area contributed by atoms with Crippen LogP contribution in [0.4, 0.5) is 5.95 Å². The summed E-state index contributed by atoms with van der Waals surface area (Å²) in [5.74, 6) is 2.08. The first-order valence-corrected chi connectivity index (χ1v) is 10.7. The van der Waals surface area contributed by atoms with Crippen LogP contribution >= 0.6 is 11.6 Å². The van der Waals surface area contributed by atoms with E-state index in [9.17, 15) is 4.79 Å². The molecule has 0 fully saturated rings. The number of hydrogen-bond donors (Lipinski definition) is 1. The zero-order valence-electron chi connectivity index (χ0n) is 18.3. The molecule has 8 heteroatoms. The third kappa shape index (κ3) is 5.51. The molecule has 0 bridgehead atoms. The number of halogens is 1. The number of methoxy groups -OCH3 is 2. The highest BCUT2D eigenvalue weighted by Crippen LogP contribution is 2.22. The Labute approximate surface area is 196 Å². The minimum Gasteiger partial charge on any atom is -0.497 e. The van der Waals surface area contributed by atoms with Gasteiger partial charge in [0.1, 0.15) is 11.5 Å². The Bertz CT molecular complexity index is 1220. The maximum absolute atomic E-state index is 13.1. The van der Waals surface area contributed by atoms with Crippen molar-refractivity contribution in [3.8, 4) is 22.9 Å². The van der Waals surface area contributed by atoms with Crippen LogP contribution in [0.15, 0.2) is 72.8 Å². The molecule has 1 N–H and O–H groups in total. The molecule has 4 rings (SSSR count). The summed E-state index contributed by atoms with van der Waals surface area (Å²) in [5, 5.41) is 8.39. The SMILES string of the molecule is COc1ccc(CC(=O)n2nc(-c3ccc(OC)cc3)nc2NCc2ccc(Cl)cc2)cc1. The zero-order chi connectivity index (χ0) is 23.2. The fourth-order valence-corrected chi connectivity index (χ4v) is 3.37. The van der Waals surface area contributed by atoms with Gasteiger partial charge in [-0.25, -0.2) is 0 Å². The molecule has 0 spiro atoms. The molecule has 3 aromatic carbocycles. The highest BCUT2D eigenvalue weighted by Gasteiger charge is 2.18. The Morgan fingerprint density at radius 3 is 2.06 bits per heavy atom. The van der Waals surface area contributed by atoms with Gasteiger partial charge in [-0.1, -0.05) is 35.9 Å². The third-order valence-electron chi connectivity index (χ3n) is 5.07. The van der Waals surface area contributed by atoms with Gasteiger partial charge in [0, 0.05) is 17.1 Å². The normalized spacial score (nSPS) is 10.6. The molecule has 7 nitrogen and oxygen atoms in total. The van der Waals surface area contributed by atoms with E-state index in [0.29, 0.717) is 23.3 Å². The lowest BCUT2D eigenvalue weighted by Crippen LogP contribution is -2.18. The summed E-state index contributed by atoms with van der Waals surface area (Å²) in [6, 6.07) is 22.2. The highest BCUT2D eigenvalue weighted by atomic mass is 35.5. The number of rotatable bonds is 8. The molecule has 168 valence electrons. The summed E-state index contributed by atoms with van der Waals surface area (Å²) in [4.78, 5) is 17.7. The Morgan fingerprint density at radius 2 is 1.45 bits per heavy atom. The molecule has 0 aliphatic heterocycles. The van der Waals surface area contributed by atoms with Crippen LogP contribution in [0.1, 0.15) is 15.9 Å². The molecular weight excluding hydrogens is 440 g/mol. The molecule has 0 saturated carbocycles. The van der Waals surface area contributed by atoms with Crippen LogP contribution in [-0.2, 0) is 13.0 Å². The van der Waals surface area contributed by atoms with E-state index in [0.717, 1.165) is 28.2 Å². The monoisotopic (exact) mass is 462 g/mol. The third-order valence-corrected chi connectivity index (χ3v) is 5.32. The van der Waals surface area contributed by atoms with Gasteiger partial charge in [0.2, 0.25) is 5.95 Å². The van der Waals surface area contributed by atoms with Gasteiger partial charge in [0.25, 0.3) is 5.91 Å². The van der Waals surface area contributed by atoms with E-state index in [4.69, 9.17) is 21.1 Å². The quantitative estimate of drug-likeness (QED) is 0.392. The van der Waals surface area contributed by atoms with Crippen molar-refractivity contribution in [1.82, 2.24) is 14.8 Å². The Morgan fingerprint density at radius 1 is 0.879 bits per heavy atom. The van der Waals surface area contributed by atoms with E-state index in [1.54, 1.807) is 14.2 Å². The van der Waals surface area contributed by atoms with Gasteiger partial charge in [0.05, 0.1) is 20.6 Å². The highest BCUT2D eigenvalue weighted by molar-refractivity contribution is 6.30. The van der Waals surface area contributed by atoms with Crippen molar-refractivity contribution in [3.05, 3.63) is 88.9 Å². The van der Waals surface area contributed by atoms with Crippen LogP contribution in [0, 0.1) is 0 Å². The van der Waals surface area contributed by atoms with E-state index in [1.807, 2.05) is 72.8 Å². The zero-order valence-corrected chi connectivity index (χ0v) is 19.0. The van der Waals surface area contributed by atoms with Crippen molar-refractivity contribution in [3.63, 3.8) is 0 Å². The Balaban J connectivity index is 1.60. The number of benzene rings is 3. The van der Waals surface area contributed by atoms with E-state index in [2.05, 4.69) is 15.4 Å². The summed E-state index contributed by atoms with van der Waals surface area (Å²) < 4.78 is 11.7. The molecule has 1 heterocycles. The standard InChI is InChI=1S/C25H23ClN4O3/c1-32-21-11-5-17(6-12-21)15-23(31)30-25(27-16-18-3-9-20(26)10-4-18)28-24(29-30)19-7-13-22(33-2)14-8-19/h3-14H,15-16H2,1-2H3,(H,27,28,29). The lowest BCUT2D eigenvalue weighted by molar-refractivity contribution is 0.0901. The molecule has 33 heavy (non-hydrogen) atoms. The van der Waals surface area contributed by atoms with Crippen molar-refractivity contribution >= 4 is 23.5 Å². The predicted molar refractivity (Wildman–Crippen MR) is 128 cm³/mol. The van der Waals surface area contributed by atoms with Crippen molar-refractivity contribution in [1.29, 1.82) is 0 Å². The Hall–Kier alpha value is -3.84. The topological polar surface area (TPSA) is 78.3 Å². The second kappa shape index (κ2) is 10.2. The summed E-state index contributed by atoms with van der Waals surface area (Å²) in [5.41, 5.74) is 2.63. The van der Waals surface area contributed by atoms with Crippen LogP contribution in [-0.4, -0.2) is 34.9 Å². The van der Waals surface area contributed by atoms with Gasteiger partial charge in [-0.3, -0.25) is 4.79 Å². The molecule has 0 amide bonds. The average molecular weight is 463 g/mol. The fourth-order valence-electron chi connectivity index (χ4n) is 3.24. The molecule has 0 atom stereocenters. The number of nitrogens with one attached hydrogen (secondary N) is 1. The Kier molecular flexibility index (Phi) is 6.90. The number of carbonyl (C=O) groups is 1. The summed E-state index contributed by atoms with van der Waals surface area (Å²) in [7, 11) is 3.22. The minimum absolute atomic E-state index is 0.172. The second-order valence-electron chi connectivity index (χ2n) is 7.30. The molecule has 0 unspecified atom stereocenters. The summed E-state index contributed by atoms with van der Waals surface area (Å²) >= 11 is 5.98. The van der Waals surface area contributed by atoms with E-state index in [-0.39, 0.29) is 12.3 Å². The molecule has 0 aliphatic rings. The summed E-state index contributed by atoms with van der Waals surface area (Å²) in [6.07, 6.45) is 0.172. The van der Waals surface area contributed by atoms with Crippen molar-refractivity contribution in [2.45, 2.75) is 13.0 Å². The van der Waals surface area contributed by atoms with E-state index < -0.39 is 0 Å². The van der Waals surface area contributed by atoms with Crippen LogP contribution < -0.4 is 14.8 Å². The number of nitrogens with zero attached hydrogens (tertiary/aromatic N) is 3. The van der Waals surface area contributed by atoms with Crippen LogP contribution in [0.25, 0.3) is 11.4 Å². The van der Waals surface area contributed by atoms with Gasteiger partial charge in [-0.05, 0) is 59.7 Å². The number of aromatic nitrogens is 3. The van der Waals surface area contributed by atoms with Crippen molar-refractivity contribution < 1.29 is 14.3 Å². The minimum atomic E-state index is -0.203. The maximum atomic E-state index is 13.1. The molecule has 1 aromatic heterocycles. The van der Waals surface area contributed by atoms with Crippen LogP contribution in [0.2, 0.25) is 5.02 Å². The van der Waals surface area contributed by atoms with Gasteiger partial charge in [0.15, 0.2) is 5.82 Å². The van der Waals surface area contributed by atoms with Crippen molar-refractivity contribution in [2.75, 3.05) is 19.5 Å². The lowest BCUT2D eigenvalue weighted by atomic mass is 10.1. The molecule has 0 aliphatic carbocycles. The smallest absolute Gasteiger partial charge is 0.254 e. The van der Waals surface area contributed by atoms with E-state index >= 15 is 0 Å². The largest absolute Gasteiger partial charge is 0.497 e. The first-order valence-electron chi connectivity index (χ1n) is 10.3. The second-order valence-corrected chi connectivity index (χ2v) is 7.73. The number of hydrogen-bond acceptors (Lipinski definition) is 6. The first kappa shape index (κ1) is 22.4. The number of anilines is 1. The van der Waals surface area contributed by atoms with E-state index in [1.165, 1.54) is 4.68 Å². The van der Waals surface area contributed by atoms with Crippen molar-refractivity contribution in [2.24, 2.45) is 0 Å².